The molecule has 0 aromatic heterocycles. The Morgan fingerprint density at radius 1 is 1.32 bits per heavy atom. The second-order valence-corrected chi connectivity index (χ2v) is 4.69. The van der Waals surface area contributed by atoms with Gasteiger partial charge in [0.2, 0.25) is 0 Å². The lowest BCUT2D eigenvalue weighted by Gasteiger charge is -2.26. The molecule has 98 valence electrons. The fourth-order valence-electron chi connectivity index (χ4n) is 2.78. The summed E-state index contributed by atoms with van der Waals surface area (Å²) in [6.07, 6.45) is 3.52. The Kier molecular flexibility index (Phi) is 2.74. The van der Waals surface area contributed by atoms with Crippen LogP contribution >= 0.6 is 0 Å². The third-order valence-electron chi connectivity index (χ3n) is 3.55. The van der Waals surface area contributed by atoms with Crippen LogP contribution in [0.5, 0.6) is 0 Å². The van der Waals surface area contributed by atoms with Gasteiger partial charge in [-0.3, -0.25) is 0 Å². The summed E-state index contributed by atoms with van der Waals surface area (Å²) >= 11 is 0. The summed E-state index contributed by atoms with van der Waals surface area (Å²) in [6, 6.07) is 7.98. The second-order valence-electron chi connectivity index (χ2n) is 4.69. The van der Waals surface area contributed by atoms with E-state index in [1.807, 2.05) is 30.3 Å². The fourth-order valence-corrected chi connectivity index (χ4v) is 2.78. The number of esters is 1. The van der Waals surface area contributed by atoms with Gasteiger partial charge in [-0.1, -0.05) is 18.2 Å². The Hall–Kier alpha value is -2.30. The molecule has 0 fully saturated rings. The molecule has 1 aliphatic carbocycles. The summed E-state index contributed by atoms with van der Waals surface area (Å²) in [5, 5.41) is 12.0. The van der Waals surface area contributed by atoms with Gasteiger partial charge < -0.3 is 15.2 Å². The molecule has 0 bridgehead atoms. The van der Waals surface area contributed by atoms with Crippen LogP contribution < -0.4 is 5.32 Å². The van der Waals surface area contributed by atoms with Crippen LogP contribution in [-0.2, 0) is 14.3 Å². The molecule has 2 aliphatic rings. The average molecular weight is 259 g/mol. The van der Waals surface area contributed by atoms with E-state index in [2.05, 4.69) is 5.32 Å². The molecule has 0 saturated heterocycles. The molecular formula is C14H13NO4. The minimum atomic E-state index is -1.57. The van der Waals surface area contributed by atoms with Crippen LogP contribution in [0.2, 0.25) is 0 Å². The highest BCUT2D eigenvalue weighted by molar-refractivity contribution is 6.28. The van der Waals surface area contributed by atoms with Crippen molar-refractivity contribution in [3.63, 3.8) is 0 Å². The first-order valence-electron chi connectivity index (χ1n) is 6.17. The highest BCUT2D eigenvalue weighted by Gasteiger charge is 2.38. The molecule has 0 spiro atoms. The number of fused-ring (bicyclic) bond motifs is 3. The molecule has 1 heterocycles. The third kappa shape index (κ3) is 1.97. The van der Waals surface area contributed by atoms with Crippen LogP contribution in [0, 0.1) is 0 Å². The zero-order valence-electron chi connectivity index (χ0n) is 10.1. The number of hydrogen-bond donors (Lipinski definition) is 2. The maximum atomic E-state index is 11.2. The lowest BCUT2D eigenvalue weighted by atomic mass is 9.86. The van der Waals surface area contributed by atoms with Gasteiger partial charge in [0.05, 0.1) is 5.92 Å². The molecule has 5 heteroatoms. The zero-order valence-corrected chi connectivity index (χ0v) is 10.1. The lowest BCUT2D eigenvalue weighted by Crippen LogP contribution is -2.28. The molecule has 2 atom stereocenters. The summed E-state index contributed by atoms with van der Waals surface area (Å²) in [4.78, 5) is 21.8. The number of allylic oxidation sites excluding steroid dienone is 1. The van der Waals surface area contributed by atoms with Crippen molar-refractivity contribution in [1.29, 1.82) is 0 Å². The Bertz CT molecular complexity index is 579. The van der Waals surface area contributed by atoms with E-state index in [9.17, 15) is 9.59 Å². The van der Waals surface area contributed by atoms with E-state index in [-0.39, 0.29) is 12.0 Å². The molecule has 1 aromatic carbocycles. The van der Waals surface area contributed by atoms with Crippen LogP contribution in [0.1, 0.15) is 24.3 Å². The van der Waals surface area contributed by atoms with Crippen LogP contribution in [0.15, 0.2) is 36.1 Å². The maximum absolute atomic E-state index is 11.2. The number of anilines is 1. The van der Waals surface area contributed by atoms with Gasteiger partial charge in [-0.2, -0.15) is 0 Å². The standard InChI is InChI=1S/C14H13NO4/c16-13(17)14(18)19-11-7-3-6-10-12(11)8-4-1-2-5-9(8)15-10/h1-2,4-5,7,10,12,15H,3,6H2,(H,16,17). The monoisotopic (exact) mass is 259 g/mol. The molecule has 0 amide bonds. The van der Waals surface area contributed by atoms with Crippen LogP contribution in [0.4, 0.5) is 5.69 Å². The maximum Gasteiger partial charge on any atom is 0.422 e. The van der Waals surface area contributed by atoms with Gasteiger partial charge in [0.25, 0.3) is 0 Å². The van der Waals surface area contributed by atoms with Gasteiger partial charge in [-0.25, -0.2) is 9.59 Å². The Labute approximate surface area is 109 Å². The van der Waals surface area contributed by atoms with Gasteiger partial charge in [-0.05, 0) is 30.5 Å². The van der Waals surface area contributed by atoms with Crippen molar-refractivity contribution in [1.82, 2.24) is 0 Å². The number of benzene rings is 1. The number of aliphatic carboxylic acids is 1. The van der Waals surface area contributed by atoms with E-state index in [1.165, 1.54) is 0 Å². The summed E-state index contributed by atoms with van der Waals surface area (Å²) in [6.45, 7) is 0. The minimum absolute atomic E-state index is 0.0757. The van der Waals surface area contributed by atoms with E-state index >= 15 is 0 Å². The molecule has 2 unspecified atom stereocenters. The lowest BCUT2D eigenvalue weighted by molar-refractivity contribution is -0.161. The molecule has 2 N–H and O–H groups in total. The number of carboxylic acids is 1. The van der Waals surface area contributed by atoms with Gasteiger partial charge in [0.15, 0.2) is 0 Å². The van der Waals surface area contributed by atoms with Crippen molar-refractivity contribution < 1.29 is 19.4 Å². The number of carbonyl (C=O) groups is 2. The summed E-state index contributed by atoms with van der Waals surface area (Å²) in [7, 11) is 0. The molecule has 0 radical (unpaired) electrons. The van der Waals surface area contributed by atoms with Gasteiger partial charge in [-0.15, -0.1) is 0 Å². The number of hydrogen-bond acceptors (Lipinski definition) is 4. The van der Waals surface area contributed by atoms with E-state index in [4.69, 9.17) is 9.84 Å². The van der Waals surface area contributed by atoms with E-state index in [1.54, 1.807) is 0 Å². The van der Waals surface area contributed by atoms with Crippen molar-refractivity contribution in [3.8, 4) is 0 Å². The quantitative estimate of drug-likeness (QED) is 0.595. The first kappa shape index (κ1) is 11.8. The van der Waals surface area contributed by atoms with Gasteiger partial charge in [0.1, 0.15) is 5.76 Å². The van der Waals surface area contributed by atoms with E-state index in [0.717, 1.165) is 24.1 Å². The van der Waals surface area contributed by atoms with Crippen molar-refractivity contribution in [2.24, 2.45) is 0 Å². The molecule has 3 rings (SSSR count). The number of carbonyl (C=O) groups excluding carboxylic acids is 1. The summed E-state index contributed by atoms with van der Waals surface area (Å²) in [5.41, 5.74) is 2.08. The number of para-hydroxylation sites is 1. The van der Waals surface area contributed by atoms with E-state index < -0.39 is 11.9 Å². The van der Waals surface area contributed by atoms with Crippen LogP contribution in [-0.4, -0.2) is 23.1 Å². The zero-order chi connectivity index (χ0) is 13.4. The molecule has 1 aromatic rings. The topological polar surface area (TPSA) is 75.6 Å². The normalized spacial score (nSPS) is 23.7. The van der Waals surface area contributed by atoms with Crippen molar-refractivity contribution >= 4 is 17.6 Å². The molecule has 0 saturated carbocycles. The van der Waals surface area contributed by atoms with Crippen LogP contribution in [0.25, 0.3) is 0 Å². The predicted molar refractivity (Wildman–Crippen MR) is 67.6 cm³/mol. The number of ether oxygens (including phenoxy) is 1. The smallest absolute Gasteiger partial charge is 0.422 e. The predicted octanol–water partition coefficient (Wildman–Crippen LogP) is 1.87. The van der Waals surface area contributed by atoms with Crippen molar-refractivity contribution in [3.05, 3.63) is 41.7 Å². The minimum Gasteiger partial charge on any atom is -0.473 e. The number of nitrogens with one attached hydrogen (secondary N) is 1. The first-order valence-corrected chi connectivity index (χ1v) is 6.17. The molecule has 5 nitrogen and oxygen atoms in total. The largest absolute Gasteiger partial charge is 0.473 e. The van der Waals surface area contributed by atoms with Gasteiger partial charge in [0, 0.05) is 11.7 Å². The van der Waals surface area contributed by atoms with Crippen molar-refractivity contribution in [2.45, 2.75) is 24.8 Å². The Morgan fingerprint density at radius 3 is 2.89 bits per heavy atom. The highest BCUT2D eigenvalue weighted by atomic mass is 16.6. The van der Waals surface area contributed by atoms with Gasteiger partial charge >= 0.3 is 11.9 Å². The summed E-state index contributed by atoms with van der Waals surface area (Å²) < 4.78 is 5.01. The first-order chi connectivity index (χ1) is 9.16. The third-order valence-corrected chi connectivity index (χ3v) is 3.55. The average Bonchev–Trinajstić information content (AvgIpc) is 2.77. The Morgan fingerprint density at radius 2 is 2.11 bits per heavy atom. The number of rotatable bonds is 1. The molecular weight excluding hydrogens is 246 g/mol. The van der Waals surface area contributed by atoms with Crippen molar-refractivity contribution in [2.75, 3.05) is 5.32 Å². The van der Waals surface area contributed by atoms with E-state index in [0.29, 0.717) is 5.76 Å². The SMILES string of the molecule is O=C(O)C(=O)OC1=CCCC2Nc3ccccc3C12. The second kappa shape index (κ2) is 4.42. The summed E-state index contributed by atoms with van der Waals surface area (Å²) in [5.74, 6) is -2.42. The van der Waals surface area contributed by atoms with Crippen LogP contribution in [0.3, 0.4) is 0 Å². The molecule has 19 heavy (non-hydrogen) atoms. The number of carboxylic acid groups (broad SMARTS) is 1. The fraction of sp³-hybridized carbons (Fsp3) is 0.286. The Balaban J connectivity index is 1.92. The highest BCUT2D eigenvalue weighted by Crippen LogP contribution is 2.44. The molecule has 1 aliphatic heterocycles.